The number of amides is 1. The monoisotopic (exact) mass is 459 g/mol. The Kier molecular flexibility index (Phi) is 6.47. The molecule has 0 radical (unpaired) electrons. The van der Waals surface area contributed by atoms with Crippen molar-refractivity contribution in [1.29, 1.82) is 0 Å². The number of hydrogen-bond donors (Lipinski definition) is 0. The van der Waals surface area contributed by atoms with Crippen LogP contribution in [-0.4, -0.2) is 34.2 Å². The Hall–Kier alpha value is -3.25. The lowest BCUT2D eigenvalue weighted by molar-refractivity contribution is -0.122. The van der Waals surface area contributed by atoms with Crippen molar-refractivity contribution in [1.82, 2.24) is 9.47 Å². The first-order valence-corrected chi connectivity index (χ1v) is 11.8. The normalized spacial score (nSPS) is 16.3. The number of nitrogens with zero attached hydrogens (tertiary/aromatic N) is 3. The summed E-state index contributed by atoms with van der Waals surface area (Å²) in [6.45, 7) is 10.8. The number of aryl methyl sites for hydroxylation is 3. The molecule has 2 aromatic carbocycles. The first kappa shape index (κ1) is 22.9. The van der Waals surface area contributed by atoms with E-state index in [1.54, 1.807) is 12.0 Å². The summed E-state index contributed by atoms with van der Waals surface area (Å²) in [5, 5.41) is 0.732. The second-order valence-electron chi connectivity index (χ2n) is 8.15. The molecule has 1 saturated heterocycles. The number of carbonyl (C=O) groups excluding carboxylic acids is 1. The summed E-state index contributed by atoms with van der Waals surface area (Å²) in [5.74, 6) is 0.827. The zero-order chi connectivity index (χ0) is 23.7. The number of amidine groups is 1. The highest BCUT2D eigenvalue weighted by atomic mass is 32.2. The molecule has 33 heavy (non-hydrogen) atoms. The maximum absolute atomic E-state index is 13.2. The minimum absolute atomic E-state index is 0.00161. The third kappa shape index (κ3) is 4.35. The lowest BCUT2D eigenvalue weighted by Crippen LogP contribution is -2.28. The molecule has 3 aromatic rings. The van der Waals surface area contributed by atoms with E-state index in [1.807, 2.05) is 43.3 Å². The summed E-state index contributed by atoms with van der Waals surface area (Å²) < 4.78 is 7.48. The molecule has 170 valence electrons. The van der Waals surface area contributed by atoms with Crippen LogP contribution in [-0.2, 0) is 4.79 Å². The van der Waals surface area contributed by atoms with Gasteiger partial charge in [-0.3, -0.25) is 9.69 Å². The molecule has 2 heterocycles. The number of benzene rings is 2. The van der Waals surface area contributed by atoms with Gasteiger partial charge in [0.2, 0.25) is 0 Å². The highest BCUT2D eigenvalue weighted by Gasteiger charge is 2.32. The number of methoxy groups -OCH3 is 1. The van der Waals surface area contributed by atoms with E-state index in [2.05, 4.69) is 50.5 Å². The minimum atomic E-state index is 0.00161. The molecule has 0 aliphatic carbocycles. The van der Waals surface area contributed by atoms with Gasteiger partial charge >= 0.3 is 0 Å². The van der Waals surface area contributed by atoms with E-state index >= 15 is 0 Å². The van der Waals surface area contributed by atoms with Crippen LogP contribution in [0.4, 0.5) is 5.69 Å². The summed E-state index contributed by atoms with van der Waals surface area (Å²) in [6, 6.07) is 16.2. The van der Waals surface area contributed by atoms with Crippen molar-refractivity contribution < 1.29 is 9.53 Å². The zero-order valence-electron chi connectivity index (χ0n) is 20.0. The number of ether oxygens (including phenoxy) is 1. The van der Waals surface area contributed by atoms with Gasteiger partial charge in [-0.15, -0.1) is 0 Å². The van der Waals surface area contributed by atoms with E-state index in [0.717, 1.165) is 50.4 Å². The summed E-state index contributed by atoms with van der Waals surface area (Å²) in [5.41, 5.74) is 7.43. The minimum Gasteiger partial charge on any atom is -0.497 e. The van der Waals surface area contributed by atoms with Gasteiger partial charge in [0.1, 0.15) is 5.75 Å². The molecular formula is C27H29N3O2S. The molecule has 1 fully saturated rings. The van der Waals surface area contributed by atoms with Crippen molar-refractivity contribution >= 4 is 34.6 Å². The highest BCUT2D eigenvalue weighted by molar-refractivity contribution is 8.18. The van der Waals surface area contributed by atoms with Crippen LogP contribution in [0.15, 0.2) is 58.4 Å². The van der Waals surface area contributed by atoms with E-state index < -0.39 is 0 Å². The Morgan fingerprint density at radius 1 is 1.03 bits per heavy atom. The van der Waals surface area contributed by atoms with E-state index in [-0.39, 0.29) is 5.91 Å². The number of likely N-dealkylation sites (N-methyl/N-ethyl adjacent to an activating group) is 1. The average molecular weight is 460 g/mol. The van der Waals surface area contributed by atoms with E-state index in [9.17, 15) is 4.79 Å². The summed E-state index contributed by atoms with van der Waals surface area (Å²) in [6.07, 6.45) is 1.99. The lowest BCUT2D eigenvalue weighted by Gasteiger charge is -2.13. The molecule has 1 amide bonds. The fourth-order valence-corrected chi connectivity index (χ4v) is 5.19. The second kappa shape index (κ2) is 9.32. The molecule has 5 nitrogen and oxygen atoms in total. The number of carbonyl (C=O) groups is 1. The van der Waals surface area contributed by atoms with Crippen molar-refractivity contribution in [3.63, 3.8) is 0 Å². The van der Waals surface area contributed by atoms with E-state index in [4.69, 9.17) is 9.73 Å². The summed E-state index contributed by atoms with van der Waals surface area (Å²) in [4.78, 5) is 20.5. The van der Waals surface area contributed by atoms with Crippen LogP contribution in [0.25, 0.3) is 11.8 Å². The predicted octanol–water partition coefficient (Wildman–Crippen LogP) is 6.34. The highest BCUT2D eigenvalue weighted by Crippen LogP contribution is 2.36. The fraction of sp³-hybridized carbons (Fsp3) is 0.259. The van der Waals surface area contributed by atoms with Gasteiger partial charge in [0, 0.05) is 23.6 Å². The molecule has 0 N–H and O–H groups in total. The van der Waals surface area contributed by atoms with Crippen LogP contribution in [0.5, 0.6) is 5.75 Å². The first-order valence-electron chi connectivity index (χ1n) is 11.0. The number of para-hydroxylation sites is 1. The van der Waals surface area contributed by atoms with Crippen molar-refractivity contribution in [2.45, 2.75) is 34.6 Å². The first-order chi connectivity index (χ1) is 15.8. The predicted molar refractivity (Wildman–Crippen MR) is 138 cm³/mol. The summed E-state index contributed by atoms with van der Waals surface area (Å²) in [7, 11) is 1.67. The Balaban J connectivity index is 1.71. The van der Waals surface area contributed by atoms with Gasteiger partial charge in [0.25, 0.3) is 5.91 Å². The molecular weight excluding hydrogens is 430 g/mol. The average Bonchev–Trinajstić information content (AvgIpc) is 3.25. The molecule has 0 spiro atoms. The molecule has 0 atom stereocenters. The van der Waals surface area contributed by atoms with Gasteiger partial charge in [-0.05, 0) is 99.5 Å². The molecule has 0 saturated carbocycles. The second-order valence-corrected chi connectivity index (χ2v) is 9.16. The molecule has 4 rings (SSSR count). The summed E-state index contributed by atoms with van der Waals surface area (Å²) >= 11 is 1.44. The third-order valence-corrected chi connectivity index (χ3v) is 6.95. The number of rotatable bonds is 5. The van der Waals surface area contributed by atoms with Gasteiger partial charge in [0.05, 0.1) is 17.7 Å². The number of hydrogen-bond acceptors (Lipinski definition) is 4. The van der Waals surface area contributed by atoms with Gasteiger partial charge in [-0.2, -0.15) is 0 Å². The van der Waals surface area contributed by atoms with Gasteiger partial charge < -0.3 is 9.30 Å². The van der Waals surface area contributed by atoms with Crippen LogP contribution < -0.4 is 4.74 Å². The van der Waals surface area contributed by atoms with Gasteiger partial charge in [0.15, 0.2) is 5.17 Å². The standard InChI is InChI=1S/C27H29N3O2S/c1-7-29-26(31)24(33-27(29)28-25-17(2)9-8-10-18(25)3)16-21-15-19(4)30(20(21)5)22-11-13-23(32-6)14-12-22/h8-16H,7H2,1-6H3/b24-16+,28-27?. The van der Waals surface area contributed by atoms with Crippen LogP contribution in [0.1, 0.15) is 35.0 Å². The van der Waals surface area contributed by atoms with Crippen molar-refractivity contribution in [2.24, 2.45) is 4.99 Å². The molecule has 1 aliphatic heterocycles. The molecule has 0 bridgehead atoms. The number of aliphatic imine (C=N–C) groups is 1. The maximum atomic E-state index is 13.2. The smallest absolute Gasteiger partial charge is 0.266 e. The van der Waals surface area contributed by atoms with Gasteiger partial charge in [-0.25, -0.2) is 4.99 Å². The van der Waals surface area contributed by atoms with Crippen LogP contribution >= 0.6 is 11.8 Å². The van der Waals surface area contributed by atoms with Crippen molar-refractivity contribution in [3.05, 3.63) is 81.5 Å². The molecule has 1 aliphatic rings. The fourth-order valence-electron chi connectivity index (χ4n) is 4.15. The largest absolute Gasteiger partial charge is 0.497 e. The molecule has 6 heteroatoms. The lowest BCUT2D eigenvalue weighted by atomic mass is 10.1. The number of aromatic nitrogens is 1. The van der Waals surface area contributed by atoms with E-state index in [0.29, 0.717) is 11.4 Å². The van der Waals surface area contributed by atoms with Crippen LogP contribution in [0.3, 0.4) is 0 Å². The molecule has 0 unspecified atom stereocenters. The van der Waals surface area contributed by atoms with Gasteiger partial charge in [-0.1, -0.05) is 18.2 Å². The van der Waals surface area contributed by atoms with Crippen LogP contribution in [0.2, 0.25) is 0 Å². The molecule has 1 aromatic heterocycles. The zero-order valence-corrected chi connectivity index (χ0v) is 20.8. The number of thioether (sulfide) groups is 1. The van der Waals surface area contributed by atoms with Crippen molar-refractivity contribution in [2.75, 3.05) is 13.7 Å². The SMILES string of the molecule is CCN1C(=O)/C(=C\c2cc(C)n(-c3ccc(OC)cc3)c2C)SC1=Nc1c(C)cccc1C. The Morgan fingerprint density at radius 2 is 1.70 bits per heavy atom. The van der Waals surface area contributed by atoms with Crippen LogP contribution in [0, 0.1) is 27.7 Å². The topological polar surface area (TPSA) is 46.8 Å². The Labute approximate surface area is 199 Å². The Bertz CT molecular complexity index is 1250. The Morgan fingerprint density at radius 3 is 2.30 bits per heavy atom. The quantitative estimate of drug-likeness (QED) is 0.418. The maximum Gasteiger partial charge on any atom is 0.266 e. The van der Waals surface area contributed by atoms with E-state index in [1.165, 1.54) is 11.8 Å². The van der Waals surface area contributed by atoms with Crippen molar-refractivity contribution in [3.8, 4) is 11.4 Å². The third-order valence-electron chi connectivity index (χ3n) is 5.94.